The van der Waals surface area contributed by atoms with Crippen LogP contribution in [0.3, 0.4) is 0 Å². The van der Waals surface area contributed by atoms with Crippen molar-refractivity contribution in [3.63, 3.8) is 0 Å². The monoisotopic (exact) mass is 173 g/mol. The summed E-state index contributed by atoms with van der Waals surface area (Å²) in [6.07, 6.45) is 1.64. The van der Waals surface area contributed by atoms with Gasteiger partial charge in [-0.15, -0.1) is 0 Å². The Hall–Kier alpha value is -0.700. The molecule has 1 N–H and O–H groups in total. The van der Waals surface area contributed by atoms with E-state index in [-0.39, 0.29) is 5.60 Å². The van der Waals surface area contributed by atoms with Crippen LogP contribution in [0, 0.1) is 0 Å². The zero-order valence-corrected chi connectivity index (χ0v) is 8.60. The first-order valence-electron chi connectivity index (χ1n) is 4.18. The Morgan fingerprint density at radius 3 is 2.42 bits per heavy atom. The summed E-state index contributed by atoms with van der Waals surface area (Å²) in [4.78, 5) is 5.29. The van der Waals surface area contributed by atoms with Gasteiger partial charge in [-0.1, -0.05) is 0 Å². The maximum Gasteiger partial charge on any atom is 0.104 e. The van der Waals surface area contributed by atoms with E-state index >= 15 is 0 Å². The SMILES string of the molecule is CCOC=C(C)NOC(C)(C)C. The molecule has 0 aromatic carbocycles. The fraction of sp³-hybridized carbons (Fsp3) is 0.778. The van der Waals surface area contributed by atoms with Crippen LogP contribution in [-0.4, -0.2) is 12.2 Å². The molecule has 0 aliphatic carbocycles. The van der Waals surface area contributed by atoms with Crippen LogP contribution < -0.4 is 5.48 Å². The van der Waals surface area contributed by atoms with E-state index in [4.69, 9.17) is 9.57 Å². The van der Waals surface area contributed by atoms with Gasteiger partial charge in [0.2, 0.25) is 0 Å². The summed E-state index contributed by atoms with van der Waals surface area (Å²) in [6.45, 7) is 10.4. The van der Waals surface area contributed by atoms with Crippen molar-refractivity contribution < 1.29 is 9.57 Å². The molecule has 3 heteroatoms. The lowest BCUT2D eigenvalue weighted by Gasteiger charge is -2.19. The van der Waals surface area contributed by atoms with Gasteiger partial charge in [-0.05, 0) is 34.6 Å². The maximum absolute atomic E-state index is 5.29. The van der Waals surface area contributed by atoms with Gasteiger partial charge in [0, 0.05) is 0 Å². The van der Waals surface area contributed by atoms with Gasteiger partial charge in [-0.25, -0.2) is 0 Å². The van der Waals surface area contributed by atoms with Crippen LogP contribution in [0.15, 0.2) is 12.0 Å². The van der Waals surface area contributed by atoms with Gasteiger partial charge >= 0.3 is 0 Å². The first-order chi connectivity index (χ1) is 5.45. The Labute approximate surface area is 74.7 Å². The van der Waals surface area contributed by atoms with E-state index in [2.05, 4.69) is 5.48 Å². The molecule has 0 unspecified atom stereocenters. The quantitative estimate of drug-likeness (QED) is 0.522. The van der Waals surface area contributed by atoms with Gasteiger partial charge < -0.3 is 4.74 Å². The lowest BCUT2D eigenvalue weighted by molar-refractivity contribution is -0.0589. The highest BCUT2D eigenvalue weighted by molar-refractivity contribution is 4.86. The molecule has 0 saturated heterocycles. The molecule has 0 aromatic heterocycles. The minimum absolute atomic E-state index is 0.179. The van der Waals surface area contributed by atoms with E-state index in [0.717, 1.165) is 5.70 Å². The predicted molar refractivity (Wildman–Crippen MR) is 49.4 cm³/mol. The first-order valence-corrected chi connectivity index (χ1v) is 4.18. The molecule has 0 spiro atoms. The molecule has 0 aliphatic rings. The Kier molecular flexibility index (Phi) is 4.74. The van der Waals surface area contributed by atoms with Gasteiger partial charge in [0.05, 0.1) is 17.9 Å². The van der Waals surface area contributed by atoms with Crippen LogP contribution in [0.4, 0.5) is 0 Å². The second-order valence-corrected chi connectivity index (χ2v) is 3.57. The number of allylic oxidation sites excluding steroid dienone is 1. The molecule has 72 valence electrons. The Morgan fingerprint density at radius 2 is 2.00 bits per heavy atom. The summed E-state index contributed by atoms with van der Waals surface area (Å²) in [5.74, 6) is 0. The molecule has 0 aliphatic heterocycles. The van der Waals surface area contributed by atoms with Gasteiger partial charge in [0.1, 0.15) is 6.26 Å². The van der Waals surface area contributed by atoms with Crippen molar-refractivity contribution in [3.8, 4) is 0 Å². The van der Waals surface area contributed by atoms with Crippen molar-refractivity contribution in [2.24, 2.45) is 0 Å². The van der Waals surface area contributed by atoms with Gasteiger partial charge in [0.25, 0.3) is 0 Å². The van der Waals surface area contributed by atoms with Crippen molar-refractivity contribution in [3.05, 3.63) is 12.0 Å². The zero-order valence-electron chi connectivity index (χ0n) is 8.60. The molecule has 12 heavy (non-hydrogen) atoms. The molecule has 0 atom stereocenters. The summed E-state index contributed by atoms with van der Waals surface area (Å²) < 4.78 is 5.06. The molecule has 0 radical (unpaired) electrons. The van der Waals surface area contributed by atoms with Crippen LogP contribution in [0.2, 0.25) is 0 Å². The molecular formula is C9H19NO2. The van der Waals surface area contributed by atoms with Crippen molar-refractivity contribution in [2.45, 2.75) is 40.2 Å². The third-order valence-corrected chi connectivity index (χ3v) is 0.945. The van der Waals surface area contributed by atoms with Crippen LogP contribution in [0.25, 0.3) is 0 Å². The molecule has 0 amide bonds. The zero-order chi connectivity index (χ0) is 9.61. The van der Waals surface area contributed by atoms with Crippen molar-refractivity contribution in [2.75, 3.05) is 6.61 Å². The molecule has 3 nitrogen and oxygen atoms in total. The third-order valence-electron chi connectivity index (χ3n) is 0.945. The topological polar surface area (TPSA) is 30.5 Å². The fourth-order valence-electron chi connectivity index (χ4n) is 0.466. The van der Waals surface area contributed by atoms with Gasteiger partial charge in [-0.2, -0.15) is 0 Å². The smallest absolute Gasteiger partial charge is 0.104 e. The molecule has 0 saturated carbocycles. The number of hydrogen-bond acceptors (Lipinski definition) is 3. The number of hydroxylamine groups is 1. The Balaban J connectivity index is 3.63. The fourth-order valence-corrected chi connectivity index (χ4v) is 0.466. The minimum atomic E-state index is -0.179. The van der Waals surface area contributed by atoms with Crippen LogP contribution >= 0.6 is 0 Å². The number of nitrogens with one attached hydrogen (secondary N) is 1. The molecule has 0 bridgehead atoms. The van der Waals surface area contributed by atoms with E-state index in [0.29, 0.717) is 6.61 Å². The van der Waals surface area contributed by atoms with E-state index in [1.165, 1.54) is 0 Å². The highest BCUT2D eigenvalue weighted by Crippen LogP contribution is 2.04. The second-order valence-electron chi connectivity index (χ2n) is 3.57. The molecular weight excluding hydrogens is 154 g/mol. The average Bonchev–Trinajstić information content (AvgIpc) is 1.95. The lowest BCUT2D eigenvalue weighted by Crippen LogP contribution is -2.28. The standard InChI is InChI=1S/C9H19NO2/c1-6-11-7-8(2)10-12-9(3,4)5/h7,10H,6H2,1-5H3. The van der Waals surface area contributed by atoms with Crippen molar-refractivity contribution in [1.29, 1.82) is 0 Å². The third kappa shape index (κ3) is 7.41. The average molecular weight is 173 g/mol. The largest absolute Gasteiger partial charge is 0.500 e. The molecule has 0 fully saturated rings. The van der Waals surface area contributed by atoms with E-state index in [9.17, 15) is 0 Å². The van der Waals surface area contributed by atoms with E-state index < -0.39 is 0 Å². The lowest BCUT2D eigenvalue weighted by atomic mass is 10.2. The Morgan fingerprint density at radius 1 is 1.42 bits per heavy atom. The van der Waals surface area contributed by atoms with Crippen molar-refractivity contribution >= 4 is 0 Å². The normalized spacial score (nSPS) is 12.9. The molecule has 0 heterocycles. The van der Waals surface area contributed by atoms with Crippen LogP contribution in [0.1, 0.15) is 34.6 Å². The molecule has 0 aromatic rings. The minimum Gasteiger partial charge on any atom is -0.500 e. The summed E-state index contributed by atoms with van der Waals surface area (Å²) in [5.41, 5.74) is 3.48. The summed E-state index contributed by atoms with van der Waals surface area (Å²) in [6, 6.07) is 0. The second kappa shape index (κ2) is 5.04. The first kappa shape index (κ1) is 11.3. The van der Waals surface area contributed by atoms with Gasteiger partial charge in [0.15, 0.2) is 0 Å². The maximum atomic E-state index is 5.29. The molecule has 0 rings (SSSR count). The highest BCUT2D eigenvalue weighted by atomic mass is 16.7. The van der Waals surface area contributed by atoms with Crippen LogP contribution in [0.5, 0.6) is 0 Å². The number of rotatable bonds is 4. The summed E-state index contributed by atoms with van der Waals surface area (Å²) in [7, 11) is 0. The van der Waals surface area contributed by atoms with Crippen molar-refractivity contribution in [1.82, 2.24) is 5.48 Å². The predicted octanol–water partition coefficient (Wildman–Crippen LogP) is 2.20. The Bertz CT molecular complexity index is 147. The van der Waals surface area contributed by atoms with Crippen LogP contribution in [-0.2, 0) is 9.57 Å². The van der Waals surface area contributed by atoms with E-state index in [1.54, 1.807) is 6.26 Å². The summed E-state index contributed by atoms with van der Waals surface area (Å²) >= 11 is 0. The van der Waals surface area contributed by atoms with E-state index in [1.807, 2.05) is 34.6 Å². The summed E-state index contributed by atoms with van der Waals surface area (Å²) in [5, 5.41) is 0. The number of hydrogen-bond donors (Lipinski definition) is 1. The number of ether oxygens (including phenoxy) is 1. The highest BCUT2D eigenvalue weighted by Gasteiger charge is 2.09. The van der Waals surface area contributed by atoms with Gasteiger partial charge in [-0.3, -0.25) is 10.3 Å².